The highest BCUT2D eigenvalue weighted by Crippen LogP contribution is 2.44. The van der Waals surface area contributed by atoms with E-state index in [-0.39, 0.29) is 23.1 Å². The molecule has 1 saturated carbocycles. The molecule has 3 heterocycles. The van der Waals surface area contributed by atoms with E-state index < -0.39 is 53.3 Å². The summed E-state index contributed by atoms with van der Waals surface area (Å²) in [4.78, 5) is 3.65. The molecule has 3 saturated heterocycles. The Morgan fingerprint density at radius 1 is 0.456 bits per heavy atom. The third-order valence-corrected chi connectivity index (χ3v) is 40.9. The van der Waals surface area contributed by atoms with E-state index in [2.05, 4.69) is 361 Å². The van der Waals surface area contributed by atoms with Crippen LogP contribution in [0.1, 0.15) is 234 Å². The largest absolute Gasteiger partial charge is 0.494 e. The van der Waals surface area contributed by atoms with Crippen LogP contribution >= 0.6 is 146 Å². The summed E-state index contributed by atoms with van der Waals surface area (Å²) in [5.74, 6) is 1.50. The fourth-order valence-electron chi connectivity index (χ4n) is 14.1. The molecule has 0 aromatic heterocycles. The average Bonchev–Trinajstić information content (AvgIpc) is 1.62. The summed E-state index contributed by atoms with van der Waals surface area (Å²) in [6.07, 6.45) is 10.6. The summed E-state index contributed by atoms with van der Waals surface area (Å²) in [5, 5.41) is 3.12. The summed E-state index contributed by atoms with van der Waals surface area (Å²) in [7, 11) is -0.412. The molecule has 0 radical (unpaired) electrons. The Kier molecular flexibility index (Phi) is 62.7. The fraction of sp³-hybridized carbons (Fsp3) is 0.538. The highest BCUT2D eigenvalue weighted by Gasteiger charge is 2.52. The third-order valence-electron chi connectivity index (χ3n) is 26.0. The van der Waals surface area contributed by atoms with Gasteiger partial charge in [-0.15, -0.1) is 11.8 Å². The monoisotopic (exact) mass is 2570 g/mol. The van der Waals surface area contributed by atoms with Gasteiger partial charge >= 0.3 is 20.4 Å². The van der Waals surface area contributed by atoms with Gasteiger partial charge in [-0.25, -0.2) is 0 Å². The fourth-order valence-corrected chi connectivity index (χ4v) is 20.3. The van der Waals surface area contributed by atoms with Crippen molar-refractivity contribution < 1.29 is 69.1 Å². The number of ether oxygens (including phenoxy) is 6. The first-order valence-electron chi connectivity index (χ1n) is 51.7. The maximum absolute atomic E-state index is 12.3. The quantitative estimate of drug-likeness (QED) is 0.0269. The molecule has 4 fully saturated rings. The number of nitrogens with zero attached hydrogens (tertiary/aromatic N) is 1. The van der Waals surface area contributed by atoms with Gasteiger partial charge in [-0.05, 0) is 320 Å². The molecule has 0 atom stereocenters. The summed E-state index contributed by atoms with van der Waals surface area (Å²) in [6.45, 7) is 59.8. The molecule has 3 aliphatic heterocycles. The van der Waals surface area contributed by atoms with Gasteiger partial charge in [0.2, 0.25) is 0 Å². The van der Waals surface area contributed by atoms with Gasteiger partial charge in [0.05, 0.1) is 49.1 Å². The zero-order valence-electron chi connectivity index (χ0n) is 91.8. The molecular formula is C117H167B2Br7Cl2F3NO12SSi2. The van der Waals surface area contributed by atoms with E-state index in [0.29, 0.717) is 36.7 Å². The number of halogens is 12. The molecule has 147 heavy (non-hydrogen) atoms. The number of hydrogen-bond donors (Lipinski definition) is 0. The summed E-state index contributed by atoms with van der Waals surface area (Å²) in [5.41, 5.74) is 9.08. The first-order chi connectivity index (χ1) is 69.1. The third kappa shape index (κ3) is 54.7. The predicted octanol–water partition coefficient (Wildman–Crippen LogP) is 35.6. The molecule has 0 N–H and O–H groups in total. The zero-order valence-corrected chi connectivity index (χ0v) is 107. The summed E-state index contributed by atoms with van der Waals surface area (Å²) >= 11 is 37.9. The zero-order chi connectivity index (χ0) is 109. The Morgan fingerprint density at radius 2 is 0.850 bits per heavy atom. The average molecular weight is 2580 g/mol. The Hall–Kier alpha value is -3.06. The Morgan fingerprint density at radius 3 is 1.27 bits per heavy atom. The van der Waals surface area contributed by atoms with Crippen molar-refractivity contribution >= 4 is 188 Å². The van der Waals surface area contributed by atoms with E-state index in [0.717, 1.165) is 206 Å². The number of thioether (sulfide) groups is 1. The highest BCUT2D eigenvalue weighted by atomic mass is 79.9. The van der Waals surface area contributed by atoms with Crippen molar-refractivity contribution in [3.63, 3.8) is 0 Å². The molecular weight excluding hydrogens is 2410 g/mol. The van der Waals surface area contributed by atoms with Crippen molar-refractivity contribution in [2.45, 2.75) is 296 Å². The first-order valence-corrected chi connectivity index (χ1v) is 64.7. The van der Waals surface area contributed by atoms with Gasteiger partial charge in [-0.2, -0.15) is 13.2 Å². The van der Waals surface area contributed by atoms with Crippen LogP contribution in [0.25, 0.3) is 0 Å². The van der Waals surface area contributed by atoms with Crippen LogP contribution in [0.5, 0.6) is 5.75 Å². The van der Waals surface area contributed by atoms with Crippen molar-refractivity contribution in [2.24, 2.45) is 11.3 Å². The minimum absolute atomic E-state index is 0.122. The number of hydrogen-bond acceptors (Lipinski definition) is 14. The lowest BCUT2D eigenvalue weighted by Gasteiger charge is -2.36. The van der Waals surface area contributed by atoms with E-state index >= 15 is 0 Å². The van der Waals surface area contributed by atoms with Gasteiger partial charge in [0.1, 0.15) is 5.75 Å². The normalized spacial score (nSPS) is 15.1. The Labute approximate surface area is 959 Å². The van der Waals surface area contributed by atoms with Crippen LogP contribution in [-0.2, 0) is 89.0 Å². The van der Waals surface area contributed by atoms with Crippen LogP contribution in [-0.4, -0.2) is 165 Å². The minimum atomic E-state index is -4.19. The topological polar surface area (TPSA) is 114 Å². The van der Waals surface area contributed by atoms with Crippen LogP contribution in [0, 0.1) is 11.3 Å². The smallest absolute Gasteiger partial charge is 0.494 e. The lowest BCUT2D eigenvalue weighted by molar-refractivity contribution is -0.172. The van der Waals surface area contributed by atoms with Crippen LogP contribution in [0.2, 0.25) is 46.3 Å². The lowest BCUT2D eigenvalue weighted by Crippen LogP contribution is -2.47. The van der Waals surface area contributed by atoms with Crippen molar-refractivity contribution in [2.75, 3.05) is 107 Å². The van der Waals surface area contributed by atoms with Crippen molar-refractivity contribution in [3.05, 3.63) is 287 Å². The summed E-state index contributed by atoms with van der Waals surface area (Å²) in [6, 6.07) is 68.5. The molecule has 0 spiro atoms. The van der Waals surface area contributed by atoms with E-state index in [4.69, 9.17) is 79.1 Å². The number of rotatable bonds is 39. The van der Waals surface area contributed by atoms with Crippen molar-refractivity contribution in [3.8, 4) is 5.75 Å². The highest BCUT2D eigenvalue weighted by molar-refractivity contribution is 9.11. The molecule has 9 aromatic rings. The summed E-state index contributed by atoms with van der Waals surface area (Å²) < 4.78 is 113. The number of alkyl halides is 3. The molecule has 1 aliphatic carbocycles. The van der Waals surface area contributed by atoms with Gasteiger partial charge in [0.15, 0.2) is 22.4 Å². The molecule has 816 valence electrons. The van der Waals surface area contributed by atoms with Crippen molar-refractivity contribution in [1.82, 2.24) is 4.90 Å². The number of methoxy groups -OCH3 is 2. The second-order valence-corrected chi connectivity index (χ2v) is 60.9. The molecule has 0 amide bonds. The van der Waals surface area contributed by atoms with Gasteiger partial charge < -0.3 is 60.8 Å². The number of aryl methyl sites for hydroxylation is 3. The maximum atomic E-state index is 12.3. The molecule has 13 nitrogen and oxygen atoms in total. The van der Waals surface area contributed by atoms with Crippen LogP contribution in [0.3, 0.4) is 0 Å². The minimum Gasteiger partial charge on any atom is -0.494 e. The van der Waals surface area contributed by atoms with Crippen LogP contribution in [0.15, 0.2) is 242 Å². The second kappa shape index (κ2) is 68.6. The molecule has 4 aliphatic rings. The van der Waals surface area contributed by atoms with Gasteiger partial charge in [0.25, 0.3) is 0 Å². The molecule has 30 heteroatoms. The molecule has 13 rings (SSSR count). The van der Waals surface area contributed by atoms with E-state index in [1.807, 2.05) is 100 Å². The van der Waals surface area contributed by atoms with E-state index in [1.54, 1.807) is 26.4 Å². The number of benzene rings is 9. The van der Waals surface area contributed by atoms with Crippen molar-refractivity contribution in [1.29, 1.82) is 0 Å². The second-order valence-electron chi connectivity index (χ2n) is 42.8. The Balaban J connectivity index is 0.000000293. The first kappa shape index (κ1) is 134. The predicted molar refractivity (Wildman–Crippen MR) is 646 cm³/mol. The maximum Gasteiger partial charge on any atom is 0.494 e. The number of unbranched alkanes of at least 4 members (excludes halogenated alkanes) is 2. The van der Waals surface area contributed by atoms with Gasteiger partial charge in [0, 0.05) is 131 Å². The molecule has 9 aromatic carbocycles. The molecule has 0 unspecified atom stereocenters. The standard InChI is InChI=1S/C16H24BrNO2.C16H27BrOSi.C15H23BO3.C15H25BrO2Si.C14H18BF3O2.C12H17BrO.C11H15BrO.C9H8BrClS.C9H10BrCl/c1-3-18(4-2)11-5-10-16(19-12-13-20-16)14-6-8-15(17)9-7-14;1-16(2,3)19(4,5)18-13-7-6-8-14-9-11-15(17)12-10-14;1-15(2)11-18-16(19-12-15)14-8-6-13(7-9-14)5-4-10-17-3;1-15(2,3)19(4,5)18-12-6-11-17-14-9-7-13(16)8-10-14;1-12(2)13(3,4)20-15(19-12)11-7-5-10(6-8-11)9-14(16,17)18;1-10(2)9-14-8-7-11-3-5-12(13)6-4-11;1-13-9-3-2-4-10-5-7-11(12)8-6-10;10-6-1-4-9(8(11)5-6)12-7-2-3-7;1-6(2)8-4-3-7(10)5-9(8)11/h6-9H,3-5,10-13H2,1-2H3;9-12H,6-8,13H2,1-5H3;6-9H,4-5,10-12H2,1-3H3;7-10H,6,11-12H2,1-5H3;5-8H,9H2,1-4H3;3-6,10H,7-9H2,1-2H3;5-8H,2-4,9H2,1H3;1,4-5,7H,2-3H2;3-6H,1-2H3. The lowest BCUT2D eigenvalue weighted by atomic mass is 9.75. The van der Waals surface area contributed by atoms with E-state index in [1.165, 1.54) is 70.5 Å². The van der Waals surface area contributed by atoms with E-state index in [9.17, 15) is 13.2 Å². The van der Waals surface area contributed by atoms with Gasteiger partial charge in [-0.3, -0.25) is 0 Å². The van der Waals surface area contributed by atoms with Gasteiger partial charge in [-0.1, -0.05) is 335 Å². The SMILES string of the molecule is CC(C)(C)[Si](C)(C)OCCCCc1ccc(Br)cc1.CC(C)(C)[Si](C)(C)OCCCOc1ccc(Br)cc1.CC(C)COCCc1ccc(Br)cc1.CC(C)c1ccc(Br)cc1Cl.CC1(C)OB(c2ccc(CC(F)(F)F)cc2)OC1(C)C.CCN(CC)CCCC1(c2ccc(Br)cc2)OCCO1.COCCCCc1ccc(Br)cc1.COCCCc1ccc(B2OCC(C)(C)CO2)cc1.Clc1cc(Br)ccc1SC1CC1. The molecule has 0 bridgehead atoms. The Bertz CT molecular complexity index is 4980. The van der Waals surface area contributed by atoms with Crippen LogP contribution in [0.4, 0.5) is 13.2 Å². The van der Waals surface area contributed by atoms with Crippen LogP contribution < -0.4 is 15.7 Å².